The summed E-state index contributed by atoms with van der Waals surface area (Å²) in [6.07, 6.45) is -6.58. The maximum atomic E-state index is 11.4. The van der Waals surface area contributed by atoms with E-state index in [9.17, 15) is 39.6 Å². The predicted molar refractivity (Wildman–Crippen MR) is 138 cm³/mol. The van der Waals surface area contributed by atoms with Crippen molar-refractivity contribution >= 4 is 99.6 Å². The molecule has 12 nitrogen and oxygen atoms in total. The highest BCUT2D eigenvalue weighted by Crippen LogP contribution is 2.53. The zero-order chi connectivity index (χ0) is 27.5. The molecule has 0 aliphatic rings. The molecule has 0 amide bonds. The lowest BCUT2D eigenvalue weighted by Gasteiger charge is -2.21. The van der Waals surface area contributed by atoms with E-state index in [1.54, 1.807) is 0 Å². The smallest absolute Gasteiger partial charge is 0.449 e. The van der Waals surface area contributed by atoms with E-state index in [0.717, 1.165) is 0 Å². The standard InChI is InChI=1S/C24H10Br2O12/c25-9-5-13(37-23(31)32)19-11(35-21(27)28)3-1-7-8-2-4-12(36-22(29)30)20-14(38-24(33)34)6-10(26)18(16(8)20)17(9)15(7)19/h1-6H,(H,27,28)(H,29,30)(H,31,32)(H,33,34). The highest BCUT2D eigenvalue weighted by molar-refractivity contribution is 9.11. The van der Waals surface area contributed by atoms with Gasteiger partial charge >= 0.3 is 24.6 Å². The van der Waals surface area contributed by atoms with Gasteiger partial charge in [0.15, 0.2) is 0 Å². The minimum absolute atomic E-state index is 0.0351. The van der Waals surface area contributed by atoms with Crippen molar-refractivity contribution in [3.63, 3.8) is 0 Å². The summed E-state index contributed by atoms with van der Waals surface area (Å²) in [5.41, 5.74) is 0. The number of carboxylic acid groups (broad SMARTS) is 4. The molecule has 5 aromatic carbocycles. The molecule has 0 saturated carbocycles. The van der Waals surface area contributed by atoms with Gasteiger partial charge in [0.2, 0.25) is 0 Å². The monoisotopic (exact) mass is 648 g/mol. The molecule has 14 heteroatoms. The van der Waals surface area contributed by atoms with E-state index in [-0.39, 0.29) is 33.8 Å². The molecular weight excluding hydrogens is 640 g/mol. The van der Waals surface area contributed by atoms with Crippen LogP contribution in [0, 0.1) is 0 Å². The summed E-state index contributed by atoms with van der Waals surface area (Å²) in [6.45, 7) is 0. The van der Waals surface area contributed by atoms with Crippen LogP contribution in [0.4, 0.5) is 19.2 Å². The fraction of sp³-hybridized carbons (Fsp3) is 0. The van der Waals surface area contributed by atoms with Gasteiger partial charge in [-0.15, -0.1) is 0 Å². The third-order valence-electron chi connectivity index (χ3n) is 5.65. The molecule has 0 radical (unpaired) electrons. The second-order valence-electron chi connectivity index (χ2n) is 7.66. The van der Waals surface area contributed by atoms with Crippen LogP contribution in [0.25, 0.3) is 43.1 Å². The lowest BCUT2D eigenvalue weighted by Crippen LogP contribution is -2.08. The topological polar surface area (TPSA) is 186 Å². The van der Waals surface area contributed by atoms with E-state index in [2.05, 4.69) is 31.9 Å². The molecule has 5 rings (SSSR count). The maximum absolute atomic E-state index is 11.4. The molecule has 5 aromatic rings. The molecular formula is C24H10Br2O12. The van der Waals surface area contributed by atoms with Crippen LogP contribution in [0.2, 0.25) is 0 Å². The van der Waals surface area contributed by atoms with Crippen molar-refractivity contribution in [1.82, 2.24) is 0 Å². The first-order chi connectivity index (χ1) is 18.0. The van der Waals surface area contributed by atoms with Crippen LogP contribution in [-0.2, 0) is 0 Å². The molecule has 4 N–H and O–H groups in total. The Kier molecular flexibility index (Phi) is 6.00. The normalized spacial score (nSPS) is 11.2. The van der Waals surface area contributed by atoms with Crippen molar-refractivity contribution < 1.29 is 58.6 Å². The lowest BCUT2D eigenvalue weighted by atomic mass is 9.88. The quantitative estimate of drug-likeness (QED) is 0.0651. The Labute approximate surface area is 226 Å². The zero-order valence-corrected chi connectivity index (χ0v) is 21.4. The summed E-state index contributed by atoms with van der Waals surface area (Å²) in [6, 6.07) is 8.29. The first-order valence-electron chi connectivity index (χ1n) is 10.2. The summed E-state index contributed by atoms with van der Waals surface area (Å²) in [5.74, 6) is -0.829. The van der Waals surface area contributed by atoms with Gasteiger partial charge in [0.25, 0.3) is 0 Å². The Balaban J connectivity index is 2.09. The molecule has 0 unspecified atom stereocenters. The number of fused-ring (bicyclic) bond motifs is 2. The highest BCUT2D eigenvalue weighted by Gasteiger charge is 2.27. The van der Waals surface area contributed by atoms with Gasteiger partial charge in [0.05, 0.1) is 10.8 Å². The van der Waals surface area contributed by atoms with Crippen LogP contribution in [0.1, 0.15) is 0 Å². The summed E-state index contributed by atoms with van der Waals surface area (Å²) >= 11 is 6.86. The molecule has 0 saturated heterocycles. The zero-order valence-electron chi connectivity index (χ0n) is 18.3. The minimum Gasteiger partial charge on any atom is -0.449 e. The number of ether oxygens (including phenoxy) is 4. The average Bonchev–Trinajstić information content (AvgIpc) is 2.79. The fourth-order valence-corrected chi connectivity index (χ4v) is 5.79. The van der Waals surface area contributed by atoms with Gasteiger partial charge in [-0.1, -0.05) is 0 Å². The van der Waals surface area contributed by atoms with Crippen LogP contribution < -0.4 is 18.9 Å². The highest BCUT2D eigenvalue weighted by atomic mass is 79.9. The maximum Gasteiger partial charge on any atom is 0.511 e. The predicted octanol–water partition coefficient (Wildman–Crippen LogP) is 7.49. The summed E-state index contributed by atoms with van der Waals surface area (Å²) in [5, 5.41) is 39.7. The molecule has 0 aromatic heterocycles. The molecule has 0 fully saturated rings. The summed E-state index contributed by atoms with van der Waals surface area (Å²) in [4.78, 5) is 45.7. The summed E-state index contributed by atoms with van der Waals surface area (Å²) in [7, 11) is 0. The number of halogens is 2. The van der Waals surface area contributed by atoms with Gasteiger partial charge in [-0.3, -0.25) is 0 Å². The Morgan fingerprint density at radius 2 is 0.789 bits per heavy atom. The number of rotatable bonds is 4. The van der Waals surface area contributed by atoms with Crippen LogP contribution in [0.5, 0.6) is 23.0 Å². The largest absolute Gasteiger partial charge is 0.511 e. The van der Waals surface area contributed by atoms with Gasteiger partial charge in [0.1, 0.15) is 23.0 Å². The SMILES string of the molecule is O=C(O)Oc1ccc2c3ccc(OC(=O)O)c4c(OC(=O)O)cc(Br)c(c5c(Br)cc(OC(=O)O)c1c25)c43. The average molecular weight is 650 g/mol. The van der Waals surface area contributed by atoms with E-state index < -0.39 is 24.6 Å². The molecule has 0 aliphatic carbocycles. The lowest BCUT2D eigenvalue weighted by molar-refractivity contribution is 0.141. The molecule has 0 aliphatic heterocycles. The van der Waals surface area contributed by atoms with Crippen LogP contribution >= 0.6 is 31.9 Å². The van der Waals surface area contributed by atoms with E-state index in [1.807, 2.05) is 0 Å². The Morgan fingerprint density at radius 1 is 0.474 bits per heavy atom. The van der Waals surface area contributed by atoms with Crippen molar-refractivity contribution in [2.24, 2.45) is 0 Å². The molecule has 38 heavy (non-hydrogen) atoms. The second kappa shape index (κ2) is 9.08. The van der Waals surface area contributed by atoms with E-state index >= 15 is 0 Å². The molecule has 0 spiro atoms. The van der Waals surface area contributed by atoms with Crippen molar-refractivity contribution in [3.8, 4) is 23.0 Å². The molecule has 0 atom stereocenters. The van der Waals surface area contributed by atoms with Crippen LogP contribution in [0.15, 0.2) is 45.3 Å². The number of hydrogen-bond acceptors (Lipinski definition) is 8. The third-order valence-corrected chi connectivity index (χ3v) is 6.90. The van der Waals surface area contributed by atoms with Crippen molar-refractivity contribution in [3.05, 3.63) is 45.3 Å². The third kappa shape index (κ3) is 3.99. The van der Waals surface area contributed by atoms with Gasteiger partial charge in [0, 0.05) is 30.5 Å². The molecule has 0 bridgehead atoms. The minimum atomic E-state index is -1.65. The van der Waals surface area contributed by atoms with Gasteiger partial charge < -0.3 is 39.4 Å². The van der Waals surface area contributed by atoms with Crippen LogP contribution in [-0.4, -0.2) is 45.0 Å². The summed E-state index contributed by atoms with van der Waals surface area (Å²) < 4.78 is 20.4. The van der Waals surface area contributed by atoms with Gasteiger partial charge in [-0.25, -0.2) is 19.2 Å². The Hall–Kier alpha value is -4.56. The van der Waals surface area contributed by atoms with Crippen molar-refractivity contribution in [1.29, 1.82) is 0 Å². The number of hydrogen-bond donors (Lipinski definition) is 4. The first-order valence-corrected chi connectivity index (χ1v) is 11.8. The van der Waals surface area contributed by atoms with Gasteiger partial charge in [-0.05, 0) is 79.0 Å². The van der Waals surface area contributed by atoms with Crippen LogP contribution in [0.3, 0.4) is 0 Å². The Bertz CT molecular complexity index is 1730. The van der Waals surface area contributed by atoms with Crippen molar-refractivity contribution in [2.75, 3.05) is 0 Å². The van der Waals surface area contributed by atoms with E-state index in [0.29, 0.717) is 41.3 Å². The number of carbonyl (C=O) groups is 4. The Morgan fingerprint density at radius 3 is 1.11 bits per heavy atom. The first kappa shape index (κ1) is 25.1. The van der Waals surface area contributed by atoms with Crippen molar-refractivity contribution in [2.45, 2.75) is 0 Å². The number of benzene rings is 5. The molecule has 192 valence electrons. The van der Waals surface area contributed by atoms with Gasteiger partial charge in [-0.2, -0.15) is 0 Å². The second-order valence-corrected chi connectivity index (χ2v) is 9.37. The molecule has 0 heterocycles. The van der Waals surface area contributed by atoms with E-state index in [4.69, 9.17) is 18.9 Å². The fourth-order valence-electron chi connectivity index (χ4n) is 4.58. The van der Waals surface area contributed by atoms with E-state index in [1.165, 1.54) is 36.4 Å².